The predicted molar refractivity (Wildman–Crippen MR) is 89.5 cm³/mol. The van der Waals surface area contributed by atoms with Gasteiger partial charge in [0.25, 0.3) is 5.56 Å². The Balaban J connectivity index is 1.91. The fraction of sp³-hybridized carbons (Fsp3) is 0.133. The number of fused-ring (bicyclic) bond motifs is 1. The van der Waals surface area contributed by atoms with Gasteiger partial charge in [-0.05, 0) is 35.7 Å². The molecule has 3 aromatic rings. The van der Waals surface area contributed by atoms with E-state index in [1.165, 1.54) is 6.07 Å². The maximum atomic E-state index is 12.1. The van der Waals surface area contributed by atoms with Gasteiger partial charge in [0.15, 0.2) is 0 Å². The van der Waals surface area contributed by atoms with Crippen LogP contribution in [0.4, 0.5) is 0 Å². The second kappa shape index (κ2) is 6.15. The summed E-state index contributed by atoms with van der Waals surface area (Å²) in [6.07, 6.45) is 0. The zero-order valence-electron chi connectivity index (χ0n) is 12.2. The summed E-state index contributed by atoms with van der Waals surface area (Å²) in [5, 5.41) is 2.46. The average Bonchev–Trinajstić information content (AvgIpc) is 3.08. The molecule has 0 saturated heterocycles. The Labute approximate surface area is 136 Å². The van der Waals surface area contributed by atoms with Crippen molar-refractivity contribution in [1.29, 1.82) is 0 Å². The predicted octanol–water partition coefficient (Wildman–Crippen LogP) is 2.08. The number of aromatic nitrogens is 1. The first-order chi connectivity index (χ1) is 11.0. The van der Waals surface area contributed by atoms with Crippen LogP contribution >= 0.6 is 11.3 Å². The molecule has 3 rings (SSSR count). The normalized spacial score (nSPS) is 11.7. The lowest BCUT2D eigenvalue weighted by molar-refractivity contribution is 0.415. The molecule has 2 N–H and O–H groups in total. The summed E-state index contributed by atoms with van der Waals surface area (Å²) in [7, 11) is -2.05. The van der Waals surface area contributed by atoms with E-state index in [1.54, 1.807) is 42.8 Å². The maximum Gasteiger partial charge on any atom is 0.252 e. The molecule has 0 aliphatic rings. The summed E-state index contributed by atoms with van der Waals surface area (Å²) in [4.78, 5) is 14.8. The lowest BCUT2D eigenvalue weighted by Crippen LogP contribution is -2.26. The number of hydrogen-bond donors (Lipinski definition) is 2. The first-order valence-corrected chi connectivity index (χ1v) is 9.09. The van der Waals surface area contributed by atoms with Crippen molar-refractivity contribution in [3.8, 4) is 5.75 Å². The molecule has 8 heteroatoms. The van der Waals surface area contributed by atoms with Crippen molar-refractivity contribution in [2.24, 2.45) is 0 Å². The van der Waals surface area contributed by atoms with Crippen molar-refractivity contribution in [3.05, 3.63) is 57.7 Å². The number of methoxy groups -OCH3 is 1. The van der Waals surface area contributed by atoms with Crippen LogP contribution in [0.5, 0.6) is 5.75 Å². The molecule has 0 spiro atoms. The summed E-state index contributed by atoms with van der Waals surface area (Å²) < 4.78 is 32.0. The highest BCUT2D eigenvalue weighted by atomic mass is 32.2. The van der Waals surface area contributed by atoms with Gasteiger partial charge in [-0.1, -0.05) is 6.07 Å². The molecule has 120 valence electrons. The van der Waals surface area contributed by atoms with E-state index >= 15 is 0 Å². The van der Waals surface area contributed by atoms with E-state index in [9.17, 15) is 13.2 Å². The van der Waals surface area contributed by atoms with Crippen molar-refractivity contribution >= 4 is 32.3 Å². The Morgan fingerprint density at radius 2 is 2.09 bits per heavy atom. The van der Waals surface area contributed by atoms with Crippen LogP contribution in [0, 0.1) is 0 Å². The molecule has 2 heterocycles. The van der Waals surface area contributed by atoms with Crippen LogP contribution in [0.15, 0.2) is 50.8 Å². The molecule has 23 heavy (non-hydrogen) atoms. The molecule has 0 atom stereocenters. The van der Waals surface area contributed by atoms with Crippen LogP contribution in [-0.4, -0.2) is 20.5 Å². The zero-order chi connectivity index (χ0) is 16.4. The van der Waals surface area contributed by atoms with E-state index in [1.807, 2.05) is 0 Å². The third-order valence-electron chi connectivity index (χ3n) is 3.34. The van der Waals surface area contributed by atoms with Crippen LogP contribution in [0.3, 0.4) is 0 Å². The Kier molecular flexibility index (Phi) is 4.20. The molecule has 2 aromatic heterocycles. The van der Waals surface area contributed by atoms with Gasteiger partial charge in [0.05, 0.1) is 7.11 Å². The quantitative estimate of drug-likeness (QED) is 0.737. The van der Waals surface area contributed by atoms with E-state index < -0.39 is 10.0 Å². The minimum atomic E-state index is -3.61. The number of rotatable bonds is 5. The topological polar surface area (TPSA) is 88.3 Å². The number of hydrogen-bond acceptors (Lipinski definition) is 5. The van der Waals surface area contributed by atoms with Gasteiger partial charge in [0.1, 0.15) is 9.96 Å². The molecule has 0 bridgehead atoms. The van der Waals surface area contributed by atoms with Gasteiger partial charge in [-0.3, -0.25) is 4.79 Å². The molecule has 0 fully saturated rings. The van der Waals surface area contributed by atoms with E-state index in [4.69, 9.17) is 4.74 Å². The van der Waals surface area contributed by atoms with Crippen LogP contribution < -0.4 is 15.0 Å². The number of pyridine rings is 1. The fourth-order valence-corrected chi connectivity index (χ4v) is 4.19. The molecular weight excluding hydrogens is 336 g/mol. The van der Waals surface area contributed by atoms with Gasteiger partial charge < -0.3 is 9.72 Å². The van der Waals surface area contributed by atoms with E-state index in [2.05, 4.69) is 9.71 Å². The number of H-pyrrole nitrogens is 1. The van der Waals surface area contributed by atoms with E-state index in [0.29, 0.717) is 16.8 Å². The molecule has 6 nitrogen and oxygen atoms in total. The summed E-state index contributed by atoms with van der Waals surface area (Å²) in [6, 6.07) is 10.1. The molecule has 1 aromatic carbocycles. The number of benzene rings is 1. The summed E-state index contributed by atoms with van der Waals surface area (Å²) in [6.45, 7) is -0.0806. The van der Waals surface area contributed by atoms with Gasteiger partial charge in [0.2, 0.25) is 10.0 Å². The monoisotopic (exact) mass is 350 g/mol. The minimum Gasteiger partial charge on any atom is -0.497 e. The highest BCUT2D eigenvalue weighted by Crippen LogP contribution is 2.19. The Morgan fingerprint density at radius 3 is 2.78 bits per heavy atom. The van der Waals surface area contributed by atoms with Crippen LogP contribution in [-0.2, 0) is 16.6 Å². The molecule has 0 saturated carbocycles. The van der Waals surface area contributed by atoms with Crippen molar-refractivity contribution in [1.82, 2.24) is 9.71 Å². The highest BCUT2D eigenvalue weighted by molar-refractivity contribution is 7.91. The number of thiophene rings is 1. The van der Waals surface area contributed by atoms with Gasteiger partial charge in [0, 0.05) is 23.0 Å². The van der Waals surface area contributed by atoms with Gasteiger partial charge in [-0.15, -0.1) is 11.3 Å². The van der Waals surface area contributed by atoms with Crippen LogP contribution in [0.2, 0.25) is 0 Å². The third-order valence-corrected chi connectivity index (χ3v) is 6.14. The number of sulfonamides is 1. The zero-order valence-corrected chi connectivity index (χ0v) is 13.8. The molecule has 0 aliphatic carbocycles. The molecule has 0 radical (unpaired) electrons. The van der Waals surface area contributed by atoms with Crippen molar-refractivity contribution in [2.45, 2.75) is 10.8 Å². The first kappa shape index (κ1) is 15.7. The number of ether oxygens (including phenoxy) is 1. The van der Waals surface area contributed by atoms with Crippen molar-refractivity contribution in [3.63, 3.8) is 0 Å². The largest absolute Gasteiger partial charge is 0.497 e. The van der Waals surface area contributed by atoms with Crippen LogP contribution in [0.1, 0.15) is 5.56 Å². The second-order valence-electron chi connectivity index (χ2n) is 4.83. The minimum absolute atomic E-state index is 0.0806. The molecule has 0 amide bonds. The van der Waals surface area contributed by atoms with E-state index in [-0.39, 0.29) is 16.3 Å². The average molecular weight is 350 g/mol. The lowest BCUT2D eigenvalue weighted by Gasteiger charge is -2.07. The fourth-order valence-electron chi connectivity index (χ4n) is 2.15. The number of nitrogens with one attached hydrogen (secondary N) is 2. The van der Waals surface area contributed by atoms with Gasteiger partial charge in [-0.2, -0.15) is 0 Å². The Morgan fingerprint density at radius 1 is 1.26 bits per heavy atom. The summed E-state index contributed by atoms with van der Waals surface area (Å²) >= 11 is 1.12. The van der Waals surface area contributed by atoms with Crippen molar-refractivity contribution in [2.75, 3.05) is 7.11 Å². The SMILES string of the molecule is COc1ccc2[nH]c(=O)c(CNS(=O)(=O)c3cccs3)cc2c1. The lowest BCUT2D eigenvalue weighted by atomic mass is 10.1. The highest BCUT2D eigenvalue weighted by Gasteiger charge is 2.15. The molecule has 0 aliphatic heterocycles. The third kappa shape index (κ3) is 3.29. The number of aromatic amines is 1. The standard InChI is InChI=1S/C15H14N2O4S2/c1-21-12-4-5-13-10(8-12)7-11(15(18)17-13)9-16-23(19,20)14-3-2-6-22-14/h2-8,16H,9H2,1H3,(H,17,18). The van der Waals surface area contributed by atoms with Crippen molar-refractivity contribution < 1.29 is 13.2 Å². The first-order valence-electron chi connectivity index (χ1n) is 6.73. The second-order valence-corrected chi connectivity index (χ2v) is 7.78. The summed E-state index contributed by atoms with van der Waals surface area (Å²) in [5.41, 5.74) is 0.683. The molecule has 0 unspecified atom stereocenters. The maximum absolute atomic E-state index is 12.1. The Bertz CT molecular complexity index is 992. The van der Waals surface area contributed by atoms with E-state index in [0.717, 1.165) is 16.7 Å². The summed E-state index contributed by atoms with van der Waals surface area (Å²) in [5.74, 6) is 0.662. The Hall–Kier alpha value is -2.16. The van der Waals surface area contributed by atoms with Gasteiger partial charge >= 0.3 is 0 Å². The van der Waals surface area contributed by atoms with Gasteiger partial charge in [-0.25, -0.2) is 13.1 Å². The molecular formula is C15H14N2O4S2. The smallest absolute Gasteiger partial charge is 0.252 e. The van der Waals surface area contributed by atoms with Crippen LogP contribution in [0.25, 0.3) is 10.9 Å².